The lowest BCUT2D eigenvalue weighted by Crippen LogP contribution is -2.46. The minimum absolute atomic E-state index is 0.210. The Morgan fingerprint density at radius 1 is 1.18 bits per heavy atom. The number of anilines is 1. The fourth-order valence-corrected chi connectivity index (χ4v) is 2.61. The number of carbonyl (C=O) groups excluding carboxylic acids is 1. The number of amides is 1. The summed E-state index contributed by atoms with van der Waals surface area (Å²) in [7, 11) is 0. The molecule has 2 nitrogen and oxygen atoms in total. The first-order valence-corrected chi connectivity index (χ1v) is 6.11. The Hall–Kier alpha value is -1.57. The molecule has 2 atom stereocenters. The topological polar surface area (TPSA) is 20.3 Å². The monoisotopic (exact) mass is 227 g/mol. The van der Waals surface area contributed by atoms with Crippen molar-refractivity contribution in [2.75, 3.05) is 4.90 Å². The van der Waals surface area contributed by atoms with Crippen LogP contribution in [0.5, 0.6) is 0 Å². The molecular weight excluding hydrogens is 210 g/mol. The second-order valence-corrected chi connectivity index (χ2v) is 5.89. The van der Waals surface area contributed by atoms with E-state index in [1.54, 1.807) is 0 Å². The van der Waals surface area contributed by atoms with E-state index in [4.69, 9.17) is 0 Å². The summed E-state index contributed by atoms with van der Waals surface area (Å²) in [6.07, 6.45) is 4.33. The van der Waals surface area contributed by atoms with Crippen LogP contribution in [0.1, 0.15) is 32.3 Å². The van der Waals surface area contributed by atoms with E-state index in [2.05, 4.69) is 24.3 Å². The zero-order valence-corrected chi connectivity index (χ0v) is 10.5. The Morgan fingerprint density at radius 3 is 2.47 bits per heavy atom. The number of hydrogen-bond donors (Lipinski definition) is 0. The van der Waals surface area contributed by atoms with Gasteiger partial charge in [-0.2, -0.15) is 0 Å². The molecule has 2 unspecified atom stereocenters. The van der Waals surface area contributed by atoms with Gasteiger partial charge in [-0.05, 0) is 11.6 Å². The van der Waals surface area contributed by atoms with E-state index in [0.717, 1.165) is 5.69 Å². The largest absolute Gasteiger partial charge is 0.304 e. The quantitative estimate of drug-likeness (QED) is 0.624. The number of para-hydroxylation sites is 1. The van der Waals surface area contributed by atoms with Gasteiger partial charge >= 0.3 is 0 Å². The lowest BCUT2D eigenvalue weighted by atomic mass is 9.85. The van der Waals surface area contributed by atoms with Crippen molar-refractivity contribution in [1.29, 1.82) is 0 Å². The van der Waals surface area contributed by atoms with Gasteiger partial charge in [-0.3, -0.25) is 4.79 Å². The molecule has 1 aliphatic heterocycles. The van der Waals surface area contributed by atoms with Crippen molar-refractivity contribution in [1.82, 2.24) is 0 Å². The molecular formula is C15H17NO. The van der Waals surface area contributed by atoms with Crippen molar-refractivity contribution >= 4 is 11.6 Å². The van der Waals surface area contributed by atoms with E-state index < -0.39 is 0 Å². The predicted molar refractivity (Wildman–Crippen MR) is 69.1 cm³/mol. The van der Waals surface area contributed by atoms with Crippen LogP contribution in [0.4, 0.5) is 5.69 Å². The zero-order chi connectivity index (χ0) is 12.2. The minimum Gasteiger partial charge on any atom is -0.304 e. The molecule has 0 radical (unpaired) electrons. The maximum absolute atomic E-state index is 12.5. The second-order valence-electron chi connectivity index (χ2n) is 5.89. The summed E-state index contributed by atoms with van der Waals surface area (Å²) in [5.74, 6) is 0.624. The van der Waals surface area contributed by atoms with Gasteiger partial charge < -0.3 is 4.90 Å². The number of carbonyl (C=O) groups is 1. The average Bonchev–Trinajstić information content (AvgIpc) is 2.44. The lowest BCUT2D eigenvalue weighted by molar-refractivity contribution is -0.126. The Labute approximate surface area is 102 Å². The normalized spacial score (nSPS) is 25.2. The molecule has 1 heterocycles. The average molecular weight is 227 g/mol. The molecule has 1 aromatic carbocycles. The lowest BCUT2D eigenvalue weighted by Gasteiger charge is -2.34. The van der Waals surface area contributed by atoms with Crippen LogP contribution in [-0.2, 0) is 4.79 Å². The van der Waals surface area contributed by atoms with Gasteiger partial charge in [-0.1, -0.05) is 51.1 Å². The summed E-state index contributed by atoms with van der Waals surface area (Å²) in [5.41, 5.74) is 2.05. The van der Waals surface area contributed by atoms with Crippen LogP contribution in [0.2, 0.25) is 0 Å². The van der Waals surface area contributed by atoms with Crippen molar-refractivity contribution in [2.45, 2.75) is 32.7 Å². The van der Waals surface area contributed by atoms with E-state index in [1.807, 2.05) is 37.8 Å². The van der Waals surface area contributed by atoms with Gasteiger partial charge in [-0.25, -0.2) is 0 Å². The number of hydrogen-bond acceptors (Lipinski definition) is 1. The van der Waals surface area contributed by atoms with Gasteiger partial charge in [0, 0.05) is 17.0 Å². The van der Waals surface area contributed by atoms with E-state index >= 15 is 0 Å². The van der Waals surface area contributed by atoms with Crippen molar-refractivity contribution in [3.8, 4) is 0 Å². The molecule has 17 heavy (non-hydrogen) atoms. The second kappa shape index (κ2) is 3.22. The Morgan fingerprint density at radius 2 is 1.88 bits per heavy atom. The SMILES string of the molecule is CC(C)(C)C(=O)N1c2ccccc2C2C=CC21. The van der Waals surface area contributed by atoms with Crippen LogP contribution in [-0.4, -0.2) is 11.9 Å². The molecule has 0 saturated carbocycles. The third-order valence-electron chi connectivity index (χ3n) is 3.60. The molecule has 0 bridgehead atoms. The first-order chi connectivity index (χ1) is 8.00. The summed E-state index contributed by atoms with van der Waals surface area (Å²) < 4.78 is 0. The number of nitrogens with zero attached hydrogens (tertiary/aromatic N) is 1. The van der Waals surface area contributed by atoms with Gasteiger partial charge in [-0.15, -0.1) is 0 Å². The molecule has 0 fully saturated rings. The number of rotatable bonds is 0. The van der Waals surface area contributed by atoms with Crippen molar-refractivity contribution in [3.05, 3.63) is 42.0 Å². The number of fused-ring (bicyclic) bond motifs is 3. The molecule has 1 aliphatic carbocycles. The first-order valence-electron chi connectivity index (χ1n) is 6.11. The minimum atomic E-state index is -0.328. The molecule has 0 saturated heterocycles. The standard InChI is InChI=1S/C15H17NO/c1-15(2,3)14(17)16-12-7-5-4-6-10(12)11-8-9-13(11)16/h4-9,11,13H,1-3H3. The van der Waals surface area contributed by atoms with Crippen LogP contribution >= 0.6 is 0 Å². The van der Waals surface area contributed by atoms with Crippen LogP contribution in [0, 0.1) is 5.41 Å². The zero-order valence-electron chi connectivity index (χ0n) is 10.5. The van der Waals surface area contributed by atoms with Gasteiger partial charge in [0.15, 0.2) is 0 Å². The Kier molecular flexibility index (Phi) is 2.00. The van der Waals surface area contributed by atoms with Crippen LogP contribution in [0.25, 0.3) is 0 Å². The molecule has 0 spiro atoms. The van der Waals surface area contributed by atoms with Gasteiger partial charge in [0.1, 0.15) is 0 Å². The van der Waals surface area contributed by atoms with E-state index in [1.165, 1.54) is 5.56 Å². The third kappa shape index (κ3) is 1.36. The van der Waals surface area contributed by atoms with E-state index in [9.17, 15) is 4.79 Å². The van der Waals surface area contributed by atoms with Gasteiger partial charge in [0.2, 0.25) is 5.91 Å². The number of benzene rings is 1. The molecule has 88 valence electrons. The third-order valence-corrected chi connectivity index (χ3v) is 3.60. The van der Waals surface area contributed by atoms with Crippen molar-refractivity contribution in [2.24, 2.45) is 5.41 Å². The molecule has 0 N–H and O–H groups in total. The highest BCUT2D eigenvalue weighted by Crippen LogP contribution is 2.48. The first kappa shape index (κ1) is 10.6. The summed E-state index contributed by atoms with van der Waals surface area (Å²) >= 11 is 0. The fourth-order valence-electron chi connectivity index (χ4n) is 2.61. The molecule has 1 aromatic rings. The molecule has 2 aliphatic rings. The smallest absolute Gasteiger partial charge is 0.232 e. The maximum atomic E-state index is 12.5. The van der Waals surface area contributed by atoms with E-state index in [-0.39, 0.29) is 17.4 Å². The maximum Gasteiger partial charge on any atom is 0.232 e. The Balaban J connectivity index is 2.07. The van der Waals surface area contributed by atoms with Gasteiger partial charge in [0.05, 0.1) is 6.04 Å². The predicted octanol–water partition coefficient (Wildman–Crippen LogP) is 3.10. The van der Waals surface area contributed by atoms with Crippen LogP contribution < -0.4 is 4.90 Å². The highest BCUT2D eigenvalue weighted by atomic mass is 16.2. The van der Waals surface area contributed by atoms with E-state index in [0.29, 0.717) is 5.92 Å². The summed E-state index contributed by atoms with van der Waals surface area (Å²) in [6, 6.07) is 8.49. The highest BCUT2D eigenvalue weighted by molar-refractivity contribution is 6.01. The summed E-state index contributed by atoms with van der Waals surface area (Å²) in [4.78, 5) is 14.5. The fraction of sp³-hybridized carbons (Fsp3) is 0.400. The molecule has 1 amide bonds. The van der Waals surface area contributed by atoms with Crippen LogP contribution in [0.15, 0.2) is 36.4 Å². The van der Waals surface area contributed by atoms with Gasteiger partial charge in [0.25, 0.3) is 0 Å². The molecule has 3 rings (SSSR count). The van der Waals surface area contributed by atoms with Crippen molar-refractivity contribution in [3.63, 3.8) is 0 Å². The highest BCUT2D eigenvalue weighted by Gasteiger charge is 2.45. The summed E-state index contributed by atoms with van der Waals surface area (Å²) in [6.45, 7) is 5.94. The van der Waals surface area contributed by atoms with Crippen molar-refractivity contribution < 1.29 is 4.79 Å². The summed E-state index contributed by atoms with van der Waals surface area (Å²) in [5, 5.41) is 0. The molecule has 2 heteroatoms. The molecule has 0 aromatic heterocycles. The van der Waals surface area contributed by atoms with Crippen LogP contribution in [0.3, 0.4) is 0 Å². The Bertz CT molecular complexity index is 510.